The second-order valence-electron chi connectivity index (χ2n) is 3.81. The van der Waals surface area contributed by atoms with Gasteiger partial charge in [-0.2, -0.15) is 13.2 Å². The molecule has 0 atom stereocenters. The van der Waals surface area contributed by atoms with Crippen molar-refractivity contribution in [1.82, 2.24) is 15.0 Å². The van der Waals surface area contributed by atoms with Gasteiger partial charge >= 0.3 is 6.18 Å². The van der Waals surface area contributed by atoms with Crippen LogP contribution < -0.4 is 0 Å². The van der Waals surface area contributed by atoms with E-state index in [1.165, 1.54) is 12.1 Å². The van der Waals surface area contributed by atoms with Gasteiger partial charge in [0.05, 0.1) is 11.9 Å². The first-order valence-corrected chi connectivity index (χ1v) is 5.09. The number of ketones is 1. The van der Waals surface area contributed by atoms with Gasteiger partial charge in [0.2, 0.25) is 0 Å². The predicted octanol–water partition coefficient (Wildman–Crippen LogP) is 2.46. The Hall–Kier alpha value is -2.25. The molecule has 0 aliphatic rings. The minimum atomic E-state index is -5.02. The van der Waals surface area contributed by atoms with Gasteiger partial charge in [-0.25, -0.2) is 9.07 Å². The van der Waals surface area contributed by atoms with E-state index in [-0.39, 0.29) is 5.69 Å². The Morgan fingerprint density at radius 1 is 1.32 bits per heavy atom. The summed E-state index contributed by atoms with van der Waals surface area (Å²) in [6.07, 6.45) is -4.20. The number of benzene rings is 1. The zero-order valence-corrected chi connectivity index (χ0v) is 9.57. The molecule has 0 aliphatic carbocycles. The van der Waals surface area contributed by atoms with Gasteiger partial charge < -0.3 is 0 Å². The molecular weight excluding hydrogens is 266 g/mol. The third-order valence-electron chi connectivity index (χ3n) is 2.40. The summed E-state index contributed by atoms with van der Waals surface area (Å²) in [6, 6.07) is 3.74. The fraction of sp³-hybridized carbons (Fsp3) is 0.182. The molecule has 0 radical (unpaired) electrons. The maximum atomic E-state index is 13.1. The molecule has 0 saturated carbocycles. The molecule has 0 unspecified atom stereocenters. The second-order valence-corrected chi connectivity index (χ2v) is 3.81. The lowest BCUT2D eigenvalue weighted by Crippen LogP contribution is -2.23. The van der Waals surface area contributed by atoms with Crippen LogP contribution in [0, 0.1) is 12.7 Å². The number of Topliss-reactive ketones (excluding diaryl/α,β-unsaturated/α-hetero) is 1. The van der Waals surface area contributed by atoms with E-state index in [0.717, 1.165) is 16.9 Å². The summed E-state index contributed by atoms with van der Waals surface area (Å²) in [6.45, 7) is 1.63. The van der Waals surface area contributed by atoms with Crippen LogP contribution in [-0.2, 0) is 0 Å². The highest BCUT2D eigenvalue weighted by Crippen LogP contribution is 2.21. The maximum absolute atomic E-state index is 13.1. The van der Waals surface area contributed by atoms with Crippen LogP contribution in [0.4, 0.5) is 17.6 Å². The lowest BCUT2D eigenvalue weighted by molar-refractivity contribution is -0.0888. The van der Waals surface area contributed by atoms with Gasteiger partial charge in [-0.05, 0) is 24.6 Å². The third kappa shape index (κ3) is 2.61. The number of hydrogen-bond donors (Lipinski definition) is 0. The molecule has 19 heavy (non-hydrogen) atoms. The summed E-state index contributed by atoms with van der Waals surface area (Å²) in [7, 11) is 0. The average molecular weight is 273 g/mol. The minimum Gasteiger partial charge on any atom is -0.282 e. The quantitative estimate of drug-likeness (QED) is 0.623. The van der Waals surface area contributed by atoms with E-state index >= 15 is 0 Å². The first-order valence-electron chi connectivity index (χ1n) is 5.09. The first-order chi connectivity index (χ1) is 8.79. The van der Waals surface area contributed by atoms with Crippen molar-refractivity contribution >= 4 is 5.78 Å². The molecule has 100 valence electrons. The van der Waals surface area contributed by atoms with Crippen LogP contribution >= 0.6 is 0 Å². The number of halogens is 4. The molecule has 0 fully saturated rings. The van der Waals surface area contributed by atoms with Crippen LogP contribution in [0.1, 0.15) is 16.1 Å². The van der Waals surface area contributed by atoms with Crippen molar-refractivity contribution < 1.29 is 22.4 Å². The number of carbonyl (C=O) groups is 1. The summed E-state index contributed by atoms with van der Waals surface area (Å²) in [4.78, 5) is 10.9. The summed E-state index contributed by atoms with van der Waals surface area (Å²) < 4.78 is 50.6. The molecular formula is C11H7F4N3O. The van der Waals surface area contributed by atoms with E-state index in [2.05, 4.69) is 10.3 Å². The second kappa shape index (κ2) is 4.45. The van der Waals surface area contributed by atoms with Crippen LogP contribution in [0.15, 0.2) is 24.4 Å². The van der Waals surface area contributed by atoms with E-state index in [0.29, 0.717) is 5.56 Å². The van der Waals surface area contributed by atoms with E-state index in [1.807, 2.05) is 0 Å². The standard InChI is InChI=1S/C11H7F4N3O/c1-6-2-3-7(12)4-9(6)18-5-8(16-17-18)10(19)11(13,14)15/h2-5H,1H3. The number of rotatable bonds is 2. The summed E-state index contributed by atoms with van der Waals surface area (Å²) in [5.74, 6) is -2.66. The van der Waals surface area contributed by atoms with E-state index in [9.17, 15) is 22.4 Å². The minimum absolute atomic E-state index is 0.216. The van der Waals surface area contributed by atoms with Crippen LogP contribution in [-0.4, -0.2) is 27.0 Å². The summed E-state index contributed by atoms with van der Waals surface area (Å²) >= 11 is 0. The van der Waals surface area contributed by atoms with E-state index in [1.54, 1.807) is 6.92 Å². The number of nitrogens with zero attached hydrogens (tertiary/aromatic N) is 3. The van der Waals surface area contributed by atoms with E-state index in [4.69, 9.17) is 0 Å². The van der Waals surface area contributed by atoms with Gasteiger partial charge in [-0.15, -0.1) is 5.10 Å². The Kier molecular flexibility index (Phi) is 3.09. The molecule has 1 aromatic heterocycles. The summed E-state index contributed by atoms with van der Waals surface area (Å²) in [5, 5.41) is 6.55. The Bertz CT molecular complexity index is 633. The number of aromatic nitrogens is 3. The molecule has 1 aromatic carbocycles. The molecule has 0 bridgehead atoms. The van der Waals surface area contributed by atoms with Crippen molar-refractivity contribution in [2.75, 3.05) is 0 Å². The van der Waals surface area contributed by atoms with Gasteiger partial charge in [0.15, 0.2) is 5.69 Å². The van der Waals surface area contributed by atoms with Crippen LogP contribution in [0.3, 0.4) is 0 Å². The Morgan fingerprint density at radius 2 is 2.00 bits per heavy atom. The molecule has 2 rings (SSSR count). The Labute approximate surface area is 104 Å². The average Bonchev–Trinajstić information content (AvgIpc) is 2.79. The molecule has 2 aromatic rings. The number of alkyl halides is 3. The molecule has 0 aliphatic heterocycles. The SMILES string of the molecule is Cc1ccc(F)cc1-n1cc(C(=O)C(F)(F)F)nn1. The van der Waals surface area contributed by atoms with Crippen molar-refractivity contribution in [3.63, 3.8) is 0 Å². The topological polar surface area (TPSA) is 47.8 Å². The highest BCUT2D eigenvalue weighted by molar-refractivity contribution is 5.98. The largest absolute Gasteiger partial charge is 0.456 e. The Balaban J connectivity index is 2.42. The maximum Gasteiger partial charge on any atom is 0.456 e. The fourth-order valence-electron chi connectivity index (χ4n) is 1.46. The van der Waals surface area contributed by atoms with Crippen LogP contribution in [0.2, 0.25) is 0 Å². The van der Waals surface area contributed by atoms with Gasteiger partial charge in [-0.1, -0.05) is 11.3 Å². The highest BCUT2D eigenvalue weighted by Gasteiger charge is 2.41. The molecule has 0 amide bonds. The first kappa shape index (κ1) is 13.2. The van der Waals surface area contributed by atoms with Gasteiger partial charge in [0, 0.05) is 0 Å². The normalized spacial score (nSPS) is 11.6. The molecule has 8 heteroatoms. The van der Waals surface area contributed by atoms with Crippen LogP contribution in [0.5, 0.6) is 0 Å². The molecule has 0 N–H and O–H groups in total. The molecule has 0 spiro atoms. The molecule has 1 heterocycles. The fourth-order valence-corrected chi connectivity index (χ4v) is 1.46. The van der Waals surface area contributed by atoms with Crippen molar-refractivity contribution in [2.45, 2.75) is 13.1 Å². The zero-order chi connectivity index (χ0) is 14.2. The van der Waals surface area contributed by atoms with Crippen LogP contribution in [0.25, 0.3) is 5.69 Å². The third-order valence-corrected chi connectivity index (χ3v) is 2.40. The number of hydrogen-bond acceptors (Lipinski definition) is 3. The lowest BCUT2D eigenvalue weighted by Gasteiger charge is -2.04. The van der Waals surface area contributed by atoms with Gasteiger partial charge in [-0.3, -0.25) is 4.79 Å². The summed E-state index contributed by atoms with van der Waals surface area (Å²) in [5.41, 5.74) is -0.0396. The zero-order valence-electron chi connectivity index (χ0n) is 9.57. The van der Waals surface area contributed by atoms with Crippen molar-refractivity contribution in [3.8, 4) is 5.69 Å². The number of carbonyl (C=O) groups excluding carboxylic acids is 1. The van der Waals surface area contributed by atoms with Crippen molar-refractivity contribution in [3.05, 3.63) is 41.5 Å². The van der Waals surface area contributed by atoms with Gasteiger partial charge in [0.1, 0.15) is 5.82 Å². The van der Waals surface area contributed by atoms with Crippen molar-refractivity contribution in [2.24, 2.45) is 0 Å². The molecule has 0 saturated heterocycles. The van der Waals surface area contributed by atoms with E-state index < -0.39 is 23.5 Å². The molecule has 4 nitrogen and oxygen atoms in total. The monoisotopic (exact) mass is 273 g/mol. The Morgan fingerprint density at radius 3 is 2.63 bits per heavy atom. The number of aryl methyl sites for hydroxylation is 1. The predicted molar refractivity (Wildman–Crippen MR) is 56.4 cm³/mol. The van der Waals surface area contributed by atoms with Gasteiger partial charge in [0.25, 0.3) is 5.78 Å². The highest BCUT2D eigenvalue weighted by atomic mass is 19.4. The smallest absolute Gasteiger partial charge is 0.282 e. The van der Waals surface area contributed by atoms with Crippen molar-refractivity contribution in [1.29, 1.82) is 0 Å². The lowest BCUT2D eigenvalue weighted by atomic mass is 10.2.